The van der Waals surface area contributed by atoms with Gasteiger partial charge in [-0.3, -0.25) is 0 Å². The average Bonchev–Trinajstić information content (AvgIpc) is 2.96. The molecule has 0 radical (unpaired) electrons. The van der Waals surface area contributed by atoms with E-state index in [1.807, 2.05) is 48.9 Å². The predicted molar refractivity (Wildman–Crippen MR) is 101 cm³/mol. The molecule has 0 N–H and O–H groups in total. The van der Waals surface area contributed by atoms with E-state index in [2.05, 4.69) is 10.1 Å². The predicted octanol–water partition coefficient (Wildman–Crippen LogP) is 5.20. The molecule has 0 aliphatic rings. The molecular weight excluding hydrogens is 397 g/mol. The molecule has 2 aromatic heterocycles. The summed E-state index contributed by atoms with van der Waals surface area (Å²) in [4.78, 5) is 16.0. The second-order valence-corrected chi connectivity index (χ2v) is 6.83. The van der Waals surface area contributed by atoms with Crippen LogP contribution in [0.5, 0.6) is 0 Å². The van der Waals surface area contributed by atoms with Crippen LogP contribution in [0.4, 0.5) is 0 Å². The van der Waals surface area contributed by atoms with E-state index in [0.29, 0.717) is 0 Å². The van der Waals surface area contributed by atoms with Crippen molar-refractivity contribution in [1.82, 2.24) is 14.8 Å². The zero-order chi connectivity index (χ0) is 18.8. The highest BCUT2D eigenvalue weighted by molar-refractivity contribution is 6.48. The lowest BCUT2D eigenvalue weighted by atomic mass is 10.2. The highest BCUT2D eigenvalue weighted by Gasteiger charge is 2.18. The van der Waals surface area contributed by atoms with Crippen molar-refractivity contribution in [2.75, 3.05) is 0 Å². The Kier molecular flexibility index (Phi) is 5.51. The molecule has 0 unspecified atom stereocenters. The van der Waals surface area contributed by atoms with Gasteiger partial charge >= 0.3 is 5.97 Å². The molecule has 0 saturated heterocycles. The van der Waals surface area contributed by atoms with Crippen LogP contribution >= 0.6 is 34.8 Å². The third-order valence-corrected chi connectivity index (χ3v) is 4.91. The lowest BCUT2D eigenvalue weighted by molar-refractivity contribution is 0.0466. The summed E-state index contributed by atoms with van der Waals surface area (Å²) >= 11 is 17.7. The van der Waals surface area contributed by atoms with Gasteiger partial charge in [0.15, 0.2) is 5.69 Å². The third kappa shape index (κ3) is 3.85. The SMILES string of the molecule is Cc1cc(C)n(-c2ccc(COC(=O)c3ncc(Cl)c(Cl)c3Cl)cc2)n1. The van der Waals surface area contributed by atoms with Gasteiger partial charge in [-0.1, -0.05) is 46.9 Å². The Balaban J connectivity index is 1.69. The number of carbonyl (C=O) groups is 1. The van der Waals surface area contributed by atoms with Gasteiger partial charge in [-0.05, 0) is 37.6 Å². The van der Waals surface area contributed by atoms with Gasteiger partial charge in [0.05, 0.1) is 26.4 Å². The normalized spacial score (nSPS) is 10.8. The molecular formula is C18H14Cl3N3O2. The second kappa shape index (κ2) is 7.66. The topological polar surface area (TPSA) is 57.0 Å². The number of nitrogens with zero attached hydrogens (tertiary/aromatic N) is 3. The number of halogens is 3. The van der Waals surface area contributed by atoms with E-state index in [9.17, 15) is 4.79 Å². The minimum Gasteiger partial charge on any atom is -0.456 e. The number of aryl methyl sites for hydroxylation is 2. The largest absolute Gasteiger partial charge is 0.456 e. The van der Waals surface area contributed by atoms with Crippen molar-refractivity contribution in [2.24, 2.45) is 0 Å². The number of carbonyl (C=O) groups excluding carboxylic acids is 1. The molecule has 0 fully saturated rings. The molecule has 0 aliphatic carbocycles. The van der Waals surface area contributed by atoms with Crippen LogP contribution in [0.2, 0.25) is 15.1 Å². The highest BCUT2D eigenvalue weighted by atomic mass is 35.5. The molecule has 0 atom stereocenters. The zero-order valence-electron chi connectivity index (χ0n) is 14.0. The molecule has 0 spiro atoms. The van der Waals surface area contributed by atoms with Crippen LogP contribution in [0.1, 0.15) is 27.4 Å². The first kappa shape index (κ1) is 18.7. The number of esters is 1. The number of hydrogen-bond donors (Lipinski definition) is 0. The Morgan fingerprint density at radius 2 is 1.81 bits per heavy atom. The van der Waals surface area contributed by atoms with Gasteiger partial charge in [-0.2, -0.15) is 5.10 Å². The van der Waals surface area contributed by atoms with Gasteiger partial charge in [0.2, 0.25) is 0 Å². The molecule has 0 saturated carbocycles. The molecule has 1 aromatic carbocycles. The molecule has 8 heteroatoms. The van der Waals surface area contributed by atoms with Gasteiger partial charge in [0, 0.05) is 11.9 Å². The van der Waals surface area contributed by atoms with E-state index in [1.54, 1.807) is 0 Å². The molecule has 0 aliphatic heterocycles. The van der Waals surface area contributed by atoms with Crippen LogP contribution in [0.3, 0.4) is 0 Å². The summed E-state index contributed by atoms with van der Waals surface area (Å²) in [6.45, 7) is 4.01. The highest BCUT2D eigenvalue weighted by Crippen LogP contribution is 2.31. The lowest BCUT2D eigenvalue weighted by Crippen LogP contribution is -2.08. The molecule has 5 nitrogen and oxygen atoms in total. The minimum absolute atomic E-state index is 0.0240. The maximum Gasteiger partial charge on any atom is 0.358 e. The van der Waals surface area contributed by atoms with Crippen molar-refractivity contribution in [2.45, 2.75) is 20.5 Å². The van der Waals surface area contributed by atoms with E-state index in [4.69, 9.17) is 39.5 Å². The molecule has 0 bridgehead atoms. The smallest absolute Gasteiger partial charge is 0.358 e. The van der Waals surface area contributed by atoms with Gasteiger partial charge in [-0.15, -0.1) is 0 Å². The molecule has 134 valence electrons. The minimum atomic E-state index is -0.670. The van der Waals surface area contributed by atoms with Crippen LogP contribution in [-0.2, 0) is 11.3 Å². The number of aromatic nitrogens is 3. The molecule has 0 amide bonds. The van der Waals surface area contributed by atoms with Crippen molar-refractivity contribution < 1.29 is 9.53 Å². The summed E-state index contributed by atoms with van der Waals surface area (Å²) in [5.41, 5.74) is 3.67. The Bertz CT molecular complexity index is 969. The van der Waals surface area contributed by atoms with Crippen molar-refractivity contribution in [3.63, 3.8) is 0 Å². The fraction of sp³-hybridized carbons (Fsp3) is 0.167. The standard InChI is InChI=1S/C18H14Cl3N3O2/c1-10-7-11(2)24(23-10)13-5-3-12(4-6-13)9-26-18(25)17-16(21)15(20)14(19)8-22-17/h3-8H,9H2,1-2H3. The van der Waals surface area contributed by atoms with E-state index < -0.39 is 5.97 Å². The first-order valence-corrected chi connectivity index (χ1v) is 8.79. The van der Waals surface area contributed by atoms with Crippen LogP contribution in [0.15, 0.2) is 36.5 Å². The lowest BCUT2D eigenvalue weighted by Gasteiger charge is -2.08. The number of benzene rings is 1. The fourth-order valence-corrected chi connectivity index (χ4v) is 2.98. The van der Waals surface area contributed by atoms with Crippen molar-refractivity contribution in [1.29, 1.82) is 0 Å². The summed E-state index contributed by atoms with van der Waals surface area (Å²) in [6.07, 6.45) is 1.26. The van der Waals surface area contributed by atoms with E-state index in [1.165, 1.54) is 6.20 Å². The van der Waals surface area contributed by atoms with E-state index in [0.717, 1.165) is 22.6 Å². The Morgan fingerprint density at radius 3 is 2.42 bits per heavy atom. The zero-order valence-corrected chi connectivity index (χ0v) is 16.2. The first-order chi connectivity index (χ1) is 12.4. The number of hydrogen-bond acceptors (Lipinski definition) is 4. The number of ether oxygens (including phenoxy) is 1. The quantitative estimate of drug-likeness (QED) is 0.555. The maximum absolute atomic E-state index is 12.2. The molecule has 26 heavy (non-hydrogen) atoms. The molecule has 3 aromatic rings. The van der Waals surface area contributed by atoms with Gasteiger partial charge < -0.3 is 4.74 Å². The monoisotopic (exact) mass is 409 g/mol. The fourth-order valence-electron chi connectivity index (χ4n) is 2.43. The van der Waals surface area contributed by atoms with Crippen LogP contribution in [0.25, 0.3) is 5.69 Å². The second-order valence-electron chi connectivity index (χ2n) is 5.66. The van der Waals surface area contributed by atoms with Crippen molar-refractivity contribution in [3.8, 4) is 5.69 Å². The molecule has 2 heterocycles. The average molecular weight is 411 g/mol. The Labute approximate surface area is 165 Å². The first-order valence-electron chi connectivity index (χ1n) is 7.66. The van der Waals surface area contributed by atoms with Gasteiger partial charge in [0.1, 0.15) is 6.61 Å². The van der Waals surface area contributed by atoms with Crippen molar-refractivity contribution >= 4 is 40.8 Å². The summed E-state index contributed by atoms with van der Waals surface area (Å²) < 4.78 is 7.10. The summed E-state index contributed by atoms with van der Waals surface area (Å²) in [5, 5.41) is 4.66. The van der Waals surface area contributed by atoms with Gasteiger partial charge in [-0.25, -0.2) is 14.5 Å². The summed E-state index contributed by atoms with van der Waals surface area (Å²) in [6, 6.07) is 9.55. The van der Waals surface area contributed by atoms with Crippen molar-refractivity contribution in [3.05, 3.63) is 74.2 Å². The molecule has 3 rings (SSSR count). The number of rotatable bonds is 4. The van der Waals surface area contributed by atoms with Crippen LogP contribution in [-0.4, -0.2) is 20.7 Å². The van der Waals surface area contributed by atoms with E-state index in [-0.39, 0.29) is 27.4 Å². The Morgan fingerprint density at radius 1 is 1.12 bits per heavy atom. The van der Waals surface area contributed by atoms with Crippen LogP contribution in [0, 0.1) is 13.8 Å². The van der Waals surface area contributed by atoms with E-state index >= 15 is 0 Å². The van der Waals surface area contributed by atoms with Crippen LogP contribution < -0.4 is 0 Å². The van der Waals surface area contributed by atoms with Gasteiger partial charge in [0.25, 0.3) is 0 Å². The maximum atomic E-state index is 12.2. The third-order valence-electron chi connectivity index (χ3n) is 3.67. The summed E-state index contributed by atoms with van der Waals surface area (Å²) in [5.74, 6) is -0.670. The Hall–Kier alpha value is -2.08. The number of pyridine rings is 1. The summed E-state index contributed by atoms with van der Waals surface area (Å²) in [7, 11) is 0.